The highest BCUT2D eigenvalue weighted by atomic mass is 35.5. The van der Waals surface area contributed by atoms with Crippen molar-refractivity contribution in [3.05, 3.63) is 52.7 Å². The fraction of sp³-hybridized carbons (Fsp3) is 0.0909. The van der Waals surface area contributed by atoms with Crippen molar-refractivity contribution >= 4 is 17.6 Å². The third kappa shape index (κ3) is 2.41. The maximum Gasteiger partial charge on any atom is 0.392 e. The molecular formula is C11H8ClNO3. The van der Waals surface area contributed by atoms with E-state index in [4.69, 9.17) is 21.1 Å². The van der Waals surface area contributed by atoms with Gasteiger partial charge in [0, 0.05) is 11.4 Å². The maximum atomic E-state index is 10.5. The maximum absolute atomic E-state index is 10.5. The standard InChI is InChI=1S/C11H8ClNO3/c12-8-3-1-7(2-4-8)5-9-6-13-10(16-9)11(14)15/h1-4,6H,5H2,(H,14,15). The van der Waals surface area contributed by atoms with Crippen molar-refractivity contribution in [3.63, 3.8) is 0 Å². The first kappa shape index (κ1) is 10.7. The van der Waals surface area contributed by atoms with Crippen molar-refractivity contribution in [2.75, 3.05) is 0 Å². The molecule has 2 rings (SSSR count). The Balaban J connectivity index is 2.14. The van der Waals surface area contributed by atoms with Gasteiger partial charge in [-0.25, -0.2) is 9.78 Å². The van der Waals surface area contributed by atoms with Crippen LogP contribution in [0.1, 0.15) is 22.0 Å². The smallest absolute Gasteiger partial charge is 0.392 e. The lowest BCUT2D eigenvalue weighted by Gasteiger charge is -1.97. The van der Waals surface area contributed by atoms with Crippen molar-refractivity contribution in [1.82, 2.24) is 4.98 Å². The van der Waals surface area contributed by atoms with Gasteiger partial charge in [0.15, 0.2) is 0 Å². The number of halogens is 1. The van der Waals surface area contributed by atoms with Gasteiger partial charge in [-0.05, 0) is 17.7 Å². The predicted octanol–water partition coefficient (Wildman–Crippen LogP) is 2.62. The molecule has 16 heavy (non-hydrogen) atoms. The molecule has 0 aliphatic carbocycles. The first-order chi connectivity index (χ1) is 7.65. The molecule has 0 amide bonds. The summed E-state index contributed by atoms with van der Waals surface area (Å²) in [6.45, 7) is 0. The number of carboxylic acid groups (broad SMARTS) is 1. The molecule has 1 aromatic carbocycles. The van der Waals surface area contributed by atoms with Gasteiger partial charge in [-0.15, -0.1) is 0 Å². The molecule has 0 fully saturated rings. The molecular weight excluding hydrogens is 230 g/mol. The minimum Gasteiger partial charge on any atom is -0.474 e. The molecule has 2 aromatic rings. The Hall–Kier alpha value is -1.81. The number of carbonyl (C=O) groups is 1. The largest absolute Gasteiger partial charge is 0.474 e. The SMILES string of the molecule is O=C(O)c1ncc(Cc2ccc(Cl)cc2)o1. The van der Waals surface area contributed by atoms with E-state index in [-0.39, 0.29) is 5.89 Å². The number of hydrogen-bond donors (Lipinski definition) is 1. The van der Waals surface area contributed by atoms with Crippen molar-refractivity contribution in [1.29, 1.82) is 0 Å². The van der Waals surface area contributed by atoms with Crippen molar-refractivity contribution in [3.8, 4) is 0 Å². The Labute approximate surface area is 96.5 Å². The molecule has 1 N–H and O–H groups in total. The van der Waals surface area contributed by atoms with Crippen LogP contribution in [-0.2, 0) is 6.42 Å². The number of benzene rings is 1. The van der Waals surface area contributed by atoms with Crippen LogP contribution in [0.4, 0.5) is 0 Å². The van der Waals surface area contributed by atoms with Crippen LogP contribution in [0.5, 0.6) is 0 Å². The van der Waals surface area contributed by atoms with Crippen LogP contribution in [0.2, 0.25) is 5.02 Å². The Morgan fingerprint density at radius 1 is 1.38 bits per heavy atom. The molecule has 0 radical (unpaired) electrons. The van der Waals surface area contributed by atoms with Gasteiger partial charge in [0.05, 0.1) is 6.20 Å². The lowest BCUT2D eigenvalue weighted by atomic mass is 10.1. The van der Waals surface area contributed by atoms with Crippen molar-refractivity contribution < 1.29 is 14.3 Å². The van der Waals surface area contributed by atoms with Gasteiger partial charge in [0.1, 0.15) is 5.76 Å². The minimum absolute atomic E-state index is 0.288. The molecule has 0 atom stereocenters. The van der Waals surface area contributed by atoms with E-state index in [1.54, 1.807) is 12.1 Å². The predicted molar refractivity (Wildman–Crippen MR) is 57.7 cm³/mol. The average Bonchev–Trinajstić information content (AvgIpc) is 2.70. The van der Waals surface area contributed by atoms with Gasteiger partial charge >= 0.3 is 11.9 Å². The van der Waals surface area contributed by atoms with E-state index in [1.165, 1.54) is 6.20 Å². The number of hydrogen-bond acceptors (Lipinski definition) is 3. The summed E-state index contributed by atoms with van der Waals surface area (Å²) in [5.74, 6) is -0.939. The second kappa shape index (κ2) is 4.37. The van der Waals surface area contributed by atoms with E-state index < -0.39 is 5.97 Å². The van der Waals surface area contributed by atoms with E-state index in [2.05, 4.69) is 4.98 Å². The van der Waals surface area contributed by atoms with Crippen LogP contribution in [0.3, 0.4) is 0 Å². The second-order valence-corrected chi connectivity index (χ2v) is 3.68. The third-order valence-corrected chi connectivity index (χ3v) is 2.28. The van der Waals surface area contributed by atoms with Gasteiger partial charge in [-0.1, -0.05) is 23.7 Å². The molecule has 0 bridgehead atoms. The van der Waals surface area contributed by atoms with Gasteiger partial charge in [0.2, 0.25) is 0 Å². The van der Waals surface area contributed by atoms with Crippen LogP contribution >= 0.6 is 11.6 Å². The highest BCUT2D eigenvalue weighted by Gasteiger charge is 2.11. The van der Waals surface area contributed by atoms with Crippen LogP contribution in [0, 0.1) is 0 Å². The minimum atomic E-state index is -1.16. The first-order valence-electron chi connectivity index (χ1n) is 4.57. The van der Waals surface area contributed by atoms with Crippen molar-refractivity contribution in [2.24, 2.45) is 0 Å². The summed E-state index contributed by atoms with van der Waals surface area (Å²) in [6.07, 6.45) is 1.91. The molecule has 0 saturated heterocycles. The van der Waals surface area contributed by atoms with Crippen molar-refractivity contribution in [2.45, 2.75) is 6.42 Å². The number of nitrogens with zero attached hydrogens (tertiary/aromatic N) is 1. The lowest BCUT2D eigenvalue weighted by molar-refractivity contribution is 0.0652. The third-order valence-electron chi connectivity index (χ3n) is 2.03. The Morgan fingerprint density at radius 3 is 2.62 bits per heavy atom. The molecule has 4 nitrogen and oxygen atoms in total. The molecule has 0 aliphatic heterocycles. The average molecular weight is 238 g/mol. The summed E-state index contributed by atoms with van der Waals surface area (Å²) in [7, 11) is 0. The Bertz CT molecular complexity index is 504. The van der Waals surface area contributed by atoms with Crippen LogP contribution in [-0.4, -0.2) is 16.1 Å². The van der Waals surface area contributed by atoms with E-state index in [0.29, 0.717) is 17.2 Å². The zero-order valence-corrected chi connectivity index (χ0v) is 8.94. The molecule has 82 valence electrons. The number of rotatable bonds is 3. The van der Waals surface area contributed by atoms with E-state index in [0.717, 1.165) is 5.56 Å². The van der Waals surface area contributed by atoms with Gasteiger partial charge < -0.3 is 9.52 Å². The van der Waals surface area contributed by atoms with E-state index in [1.807, 2.05) is 12.1 Å². The lowest BCUT2D eigenvalue weighted by Crippen LogP contribution is -1.94. The number of aromatic carboxylic acids is 1. The highest BCUT2D eigenvalue weighted by molar-refractivity contribution is 6.30. The van der Waals surface area contributed by atoms with E-state index >= 15 is 0 Å². The van der Waals surface area contributed by atoms with Gasteiger partial charge in [-0.3, -0.25) is 0 Å². The first-order valence-corrected chi connectivity index (χ1v) is 4.95. The fourth-order valence-corrected chi connectivity index (χ4v) is 1.42. The molecule has 1 heterocycles. The second-order valence-electron chi connectivity index (χ2n) is 3.24. The summed E-state index contributed by atoms with van der Waals surface area (Å²) < 4.78 is 5.04. The Kier molecular flexibility index (Phi) is 2.92. The number of oxazole rings is 1. The monoisotopic (exact) mass is 237 g/mol. The summed E-state index contributed by atoms with van der Waals surface area (Å²) in [6, 6.07) is 7.24. The number of aromatic nitrogens is 1. The molecule has 0 saturated carbocycles. The summed E-state index contributed by atoms with van der Waals surface area (Å²) >= 11 is 5.75. The topological polar surface area (TPSA) is 63.3 Å². The summed E-state index contributed by atoms with van der Waals surface area (Å²) in [4.78, 5) is 14.2. The molecule has 1 aromatic heterocycles. The van der Waals surface area contributed by atoms with Gasteiger partial charge in [-0.2, -0.15) is 0 Å². The quantitative estimate of drug-likeness (QED) is 0.891. The zero-order chi connectivity index (χ0) is 11.5. The molecule has 0 spiro atoms. The van der Waals surface area contributed by atoms with Crippen LogP contribution in [0.25, 0.3) is 0 Å². The van der Waals surface area contributed by atoms with Crippen LogP contribution in [0.15, 0.2) is 34.9 Å². The molecule has 0 aliphatic rings. The van der Waals surface area contributed by atoms with Crippen LogP contribution < -0.4 is 0 Å². The van der Waals surface area contributed by atoms with Gasteiger partial charge in [0.25, 0.3) is 0 Å². The summed E-state index contributed by atoms with van der Waals surface area (Å²) in [5, 5.41) is 9.29. The normalized spacial score (nSPS) is 10.3. The number of carboxylic acids is 1. The Morgan fingerprint density at radius 2 is 2.06 bits per heavy atom. The van der Waals surface area contributed by atoms with E-state index in [9.17, 15) is 4.79 Å². The fourth-order valence-electron chi connectivity index (χ4n) is 1.29. The highest BCUT2D eigenvalue weighted by Crippen LogP contribution is 2.14. The summed E-state index contributed by atoms with van der Waals surface area (Å²) in [5.41, 5.74) is 0.984. The molecule has 5 heteroatoms. The molecule has 0 unspecified atom stereocenters. The zero-order valence-electron chi connectivity index (χ0n) is 8.18.